The normalized spacial score (nSPS) is 32.5. The summed E-state index contributed by atoms with van der Waals surface area (Å²) in [4.78, 5) is 42.1. The Balaban J connectivity index is 1.33. The van der Waals surface area contributed by atoms with Crippen molar-refractivity contribution < 1.29 is 14.4 Å². The zero-order valence-electron chi connectivity index (χ0n) is 18.0. The molecule has 0 radical (unpaired) electrons. The molecule has 0 aromatic heterocycles. The van der Waals surface area contributed by atoms with E-state index >= 15 is 0 Å². The van der Waals surface area contributed by atoms with Gasteiger partial charge < -0.3 is 5.32 Å². The van der Waals surface area contributed by atoms with Crippen LogP contribution in [-0.4, -0.2) is 28.7 Å². The van der Waals surface area contributed by atoms with Gasteiger partial charge in [-0.15, -0.1) is 0 Å². The van der Waals surface area contributed by atoms with E-state index in [2.05, 4.69) is 17.5 Å². The van der Waals surface area contributed by atoms with Crippen molar-refractivity contribution in [1.29, 1.82) is 0 Å². The largest absolute Gasteiger partial charge is 0.324 e. The van der Waals surface area contributed by atoms with Crippen LogP contribution in [0.2, 0.25) is 0 Å². The molecular weight excluding hydrogens is 400 g/mol. The zero-order chi connectivity index (χ0) is 22.0. The van der Waals surface area contributed by atoms with Crippen molar-refractivity contribution in [3.63, 3.8) is 0 Å². The van der Waals surface area contributed by atoms with E-state index in [1.807, 2.05) is 61.5 Å². The molecule has 7 rings (SSSR count). The molecule has 3 amide bonds. The topological polar surface area (TPSA) is 66.5 Å². The summed E-state index contributed by atoms with van der Waals surface area (Å²) in [6, 6.07) is 16.3. The van der Waals surface area contributed by atoms with Gasteiger partial charge in [-0.3, -0.25) is 19.3 Å². The van der Waals surface area contributed by atoms with Gasteiger partial charge in [0.15, 0.2) is 0 Å². The Bertz CT molecular complexity index is 1100. The Morgan fingerprint density at radius 2 is 1.62 bits per heavy atom. The number of hydrogen-bond donors (Lipinski definition) is 1. The number of carbonyl (C=O) groups excluding carboxylic acids is 3. The van der Waals surface area contributed by atoms with Crippen LogP contribution >= 0.6 is 0 Å². The van der Waals surface area contributed by atoms with E-state index in [9.17, 15) is 14.4 Å². The van der Waals surface area contributed by atoms with Crippen molar-refractivity contribution in [2.24, 2.45) is 35.5 Å². The lowest BCUT2D eigenvalue weighted by atomic mass is 9.63. The number of rotatable bonds is 5. The SMILES string of the molecule is Cc1cccc(NC(=O)[C@H](Cc2ccccc2)N2C(=O)[C@@H]3[C@H]4C=C[C@@H]([C@@H]5C[C@@H]45)[C@@H]3C2=O)c1. The molecule has 5 nitrogen and oxygen atoms in total. The van der Waals surface area contributed by atoms with Gasteiger partial charge in [0.1, 0.15) is 6.04 Å². The number of nitrogens with one attached hydrogen (secondary N) is 1. The van der Waals surface area contributed by atoms with Gasteiger partial charge in [0, 0.05) is 12.1 Å². The molecule has 5 heteroatoms. The number of benzene rings is 2. The third kappa shape index (κ3) is 2.94. The average Bonchev–Trinajstić information content (AvgIpc) is 3.57. The number of anilines is 1. The molecule has 2 bridgehead atoms. The first-order valence-corrected chi connectivity index (χ1v) is 11.5. The maximum atomic E-state index is 13.6. The molecule has 0 unspecified atom stereocenters. The molecule has 7 atom stereocenters. The van der Waals surface area contributed by atoms with Gasteiger partial charge >= 0.3 is 0 Å². The van der Waals surface area contributed by atoms with Crippen LogP contribution in [-0.2, 0) is 20.8 Å². The lowest BCUT2D eigenvalue weighted by Crippen LogP contribution is -2.49. The van der Waals surface area contributed by atoms with Crippen LogP contribution in [0.3, 0.4) is 0 Å². The van der Waals surface area contributed by atoms with Crippen LogP contribution in [0.5, 0.6) is 0 Å². The first kappa shape index (κ1) is 19.5. The monoisotopic (exact) mass is 426 g/mol. The third-order valence-electron chi connectivity index (χ3n) is 7.87. The first-order valence-electron chi connectivity index (χ1n) is 11.5. The Hall–Kier alpha value is -3.21. The third-order valence-corrected chi connectivity index (χ3v) is 7.87. The molecule has 162 valence electrons. The summed E-state index contributed by atoms with van der Waals surface area (Å²) in [5.41, 5.74) is 2.63. The fraction of sp³-hybridized carbons (Fsp3) is 0.370. The predicted octanol–water partition coefficient (Wildman–Crippen LogP) is 3.60. The van der Waals surface area contributed by atoms with Crippen molar-refractivity contribution in [2.45, 2.75) is 25.8 Å². The lowest BCUT2D eigenvalue weighted by molar-refractivity contribution is -0.146. The van der Waals surface area contributed by atoms with Crippen molar-refractivity contribution in [1.82, 2.24) is 4.90 Å². The van der Waals surface area contributed by atoms with Gasteiger partial charge in [0.05, 0.1) is 11.8 Å². The second-order valence-corrected chi connectivity index (χ2v) is 9.77. The van der Waals surface area contributed by atoms with Gasteiger partial charge in [0.25, 0.3) is 0 Å². The molecule has 4 aliphatic carbocycles. The molecule has 1 aliphatic heterocycles. The highest BCUT2D eigenvalue weighted by molar-refractivity contribution is 6.10. The van der Waals surface area contributed by atoms with Crippen LogP contribution < -0.4 is 5.32 Å². The van der Waals surface area contributed by atoms with Crippen LogP contribution in [0.1, 0.15) is 17.5 Å². The number of allylic oxidation sites excluding steroid dienone is 2. The summed E-state index contributed by atoms with van der Waals surface area (Å²) in [7, 11) is 0. The first-order chi connectivity index (χ1) is 15.5. The minimum atomic E-state index is -0.862. The van der Waals surface area contributed by atoms with Crippen molar-refractivity contribution >= 4 is 23.4 Å². The number of hydrogen-bond acceptors (Lipinski definition) is 3. The number of imide groups is 1. The molecule has 1 N–H and O–H groups in total. The van der Waals surface area contributed by atoms with E-state index in [1.54, 1.807) is 0 Å². The van der Waals surface area contributed by atoms with Crippen LogP contribution in [0.15, 0.2) is 66.7 Å². The molecule has 2 saturated carbocycles. The van der Waals surface area contributed by atoms with E-state index in [1.165, 1.54) is 4.90 Å². The quantitative estimate of drug-likeness (QED) is 0.587. The van der Waals surface area contributed by atoms with E-state index in [-0.39, 0.29) is 41.4 Å². The second-order valence-electron chi connectivity index (χ2n) is 9.77. The maximum Gasteiger partial charge on any atom is 0.248 e. The summed E-state index contributed by atoms with van der Waals surface area (Å²) < 4.78 is 0. The fourth-order valence-electron chi connectivity index (χ4n) is 6.37. The molecule has 5 aliphatic rings. The number of carbonyl (C=O) groups is 3. The smallest absolute Gasteiger partial charge is 0.248 e. The van der Waals surface area contributed by atoms with Gasteiger partial charge in [-0.2, -0.15) is 0 Å². The fourth-order valence-corrected chi connectivity index (χ4v) is 6.37. The van der Waals surface area contributed by atoms with Crippen LogP contribution in [0.25, 0.3) is 0 Å². The summed E-state index contributed by atoms with van der Waals surface area (Å²) >= 11 is 0. The molecule has 2 aromatic rings. The van der Waals surface area contributed by atoms with Gasteiger partial charge in [-0.05, 0) is 60.3 Å². The van der Waals surface area contributed by atoms with E-state index < -0.39 is 6.04 Å². The number of aryl methyl sites for hydroxylation is 1. The highest BCUT2D eigenvalue weighted by Crippen LogP contribution is 2.65. The molecule has 2 aromatic carbocycles. The zero-order valence-corrected chi connectivity index (χ0v) is 18.0. The van der Waals surface area contributed by atoms with E-state index in [4.69, 9.17) is 0 Å². The molecule has 3 fully saturated rings. The summed E-state index contributed by atoms with van der Waals surface area (Å²) in [6.45, 7) is 1.96. The Morgan fingerprint density at radius 3 is 2.25 bits per heavy atom. The van der Waals surface area contributed by atoms with E-state index in [0.29, 0.717) is 23.9 Å². The van der Waals surface area contributed by atoms with Crippen LogP contribution in [0, 0.1) is 42.4 Å². The molecule has 1 saturated heterocycles. The second kappa shape index (κ2) is 7.16. The Kier molecular flexibility index (Phi) is 4.36. The molecule has 0 spiro atoms. The molecule has 1 heterocycles. The van der Waals surface area contributed by atoms with Gasteiger partial charge in [-0.1, -0.05) is 54.6 Å². The number of nitrogens with zero attached hydrogens (tertiary/aromatic N) is 1. The lowest BCUT2D eigenvalue weighted by Gasteiger charge is -2.37. The maximum absolute atomic E-state index is 13.6. The number of amides is 3. The van der Waals surface area contributed by atoms with Crippen molar-refractivity contribution in [3.05, 3.63) is 77.9 Å². The minimum Gasteiger partial charge on any atom is -0.324 e. The van der Waals surface area contributed by atoms with E-state index in [0.717, 1.165) is 17.5 Å². The highest BCUT2D eigenvalue weighted by Gasteiger charge is 2.67. The van der Waals surface area contributed by atoms with Crippen molar-refractivity contribution in [3.8, 4) is 0 Å². The highest BCUT2D eigenvalue weighted by atomic mass is 16.2. The Morgan fingerprint density at radius 1 is 0.969 bits per heavy atom. The van der Waals surface area contributed by atoms with Gasteiger partial charge in [-0.25, -0.2) is 0 Å². The minimum absolute atomic E-state index is 0.147. The van der Waals surface area contributed by atoms with Gasteiger partial charge in [0.2, 0.25) is 17.7 Å². The average molecular weight is 427 g/mol. The summed E-state index contributed by atoms with van der Waals surface area (Å²) in [5.74, 6) is 0.133. The standard InChI is InChI=1S/C27H26N2O3/c1-15-6-5-9-17(12-15)28-25(30)22(13-16-7-3-2-4-8-16)29-26(31)23-18-10-11-19(21-14-20(18)21)24(23)27(29)32/h2-12,18-24H,13-14H2,1H3,(H,28,30)/t18-,19-,20-,21-,22-,23-,24+/m0/s1. The predicted molar refractivity (Wildman–Crippen MR) is 120 cm³/mol. The molecular formula is C27H26N2O3. The molecule has 32 heavy (non-hydrogen) atoms. The van der Waals surface area contributed by atoms with Crippen molar-refractivity contribution in [2.75, 3.05) is 5.32 Å². The Labute approximate surface area is 187 Å². The van der Waals surface area contributed by atoms with Crippen LogP contribution in [0.4, 0.5) is 5.69 Å². The summed E-state index contributed by atoms with van der Waals surface area (Å²) in [5, 5.41) is 2.96. The number of likely N-dealkylation sites (tertiary alicyclic amines) is 1. The summed E-state index contributed by atoms with van der Waals surface area (Å²) in [6.07, 6.45) is 5.75.